The van der Waals surface area contributed by atoms with E-state index in [1.165, 1.54) is 48.5 Å². The van der Waals surface area contributed by atoms with E-state index in [0.29, 0.717) is 16.3 Å². The highest BCUT2D eigenvalue weighted by Crippen LogP contribution is 2.30. The van der Waals surface area contributed by atoms with Gasteiger partial charge in [-0.2, -0.15) is 0 Å². The van der Waals surface area contributed by atoms with Gasteiger partial charge in [0.15, 0.2) is 5.78 Å². The van der Waals surface area contributed by atoms with E-state index < -0.39 is 15.8 Å². The lowest BCUT2D eigenvalue weighted by Crippen LogP contribution is -2.09. The molecule has 0 atom stereocenters. The van der Waals surface area contributed by atoms with Crippen molar-refractivity contribution in [1.82, 2.24) is 0 Å². The highest BCUT2D eigenvalue weighted by molar-refractivity contribution is 6.17. The minimum atomic E-state index is -0.704. The van der Waals surface area contributed by atoms with Crippen LogP contribution >= 0.6 is 0 Å². The van der Waals surface area contributed by atoms with Gasteiger partial charge in [0.05, 0.1) is 15.4 Å². The maximum Gasteiger partial charge on any atom is 0.343 e. The largest absolute Gasteiger partial charge is 0.422 e. The summed E-state index contributed by atoms with van der Waals surface area (Å²) in [7, 11) is 0. The van der Waals surface area contributed by atoms with Gasteiger partial charge in [0, 0.05) is 40.8 Å². The van der Waals surface area contributed by atoms with Crippen molar-refractivity contribution in [2.75, 3.05) is 0 Å². The molecule has 0 heterocycles. The Balaban J connectivity index is 1.66. The van der Waals surface area contributed by atoms with Crippen molar-refractivity contribution in [3.8, 4) is 5.75 Å². The monoisotopic (exact) mass is 442 g/mol. The van der Waals surface area contributed by atoms with E-state index in [4.69, 9.17) is 4.74 Å². The second-order valence-electron chi connectivity index (χ2n) is 6.98. The van der Waals surface area contributed by atoms with Crippen molar-refractivity contribution < 1.29 is 24.2 Å². The van der Waals surface area contributed by atoms with Gasteiger partial charge >= 0.3 is 5.97 Å². The van der Waals surface area contributed by atoms with Crippen LogP contribution in [-0.2, 0) is 0 Å². The molecule has 0 bridgehead atoms. The van der Waals surface area contributed by atoms with Gasteiger partial charge in [-0.1, -0.05) is 30.3 Å². The van der Waals surface area contributed by atoms with Gasteiger partial charge in [0.2, 0.25) is 0 Å². The fourth-order valence-electron chi connectivity index (χ4n) is 3.34. The molecule has 0 aliphatic heterocycles. The molecule has 33 heavy (non-hydrogen) atoms. The number of ketones is 1. The van der Waals surface area contributed by atoms with E-state index >= 15 is 0 Å². The van der Waals surface area contributed by atoms with E-state index in [-0.39, 0.29) is 34.0 Å². The van der Waals surface area contributed by atoms with Gasteiger partial charge in [-0.15, -0.1) is 0 Å². The molecule has 4 aromatic rings. The number of rotatable bonds is 6. The molecule has 0 aromatic heterocycles. The Hall–Kier alpha value is -4.92. The molecule has 0 unspecified atom stereocenters. The van der Waals surface area contributed by atoms with Crippen molar-refractivity contribution >= 4 is 33.9 Å². The summed E-state index contributed by atoms with van der Waals surface area (Å²) in [6.45, 7) is 0. The number of nitro benzene ring substituents is 2. The number of esters is 1. The molecule has 0 N–H and O–H groups in total. The predicted molar refractivity (Wildman–Crippen MR) is 119 cm³/mol. The Morgan fingerprint density at radius 1 is 0.636 bits per heavy atom. The lowest BCUT2D eigenvalue weighted by molar-refractivity contribution is -0.385. The Kier molecular flexibility index (Phi) is 5.60. The molecule has 0 radical (unpaired) electrons. The molecule has 0 saturated heterocycles. The average molecular weight is 442 g/mol. The maximum atomic E-state index is 13.1. The smallest absolute Gasteiger partial charge is 0.343 e. The second-order valence-corrected chi connectivity index (χ2v) is 6.98. The summed E-state index contributed by atoms with van der Waals surface area (Å²) in [6.07, 6.45) is 0. The number of benzene rings is 4. The Labute approximate surface area is 186 Å². The maximum absolute atomic E-state index is 13.1. The Bertz CT molecular complexity index is 1410. The molecule has 162 valence electrons. The number of non-ortho nitro benzene ring substituents is 2. The van der Waals surface area contributed by atoms with Gasteiger partial charge < -0.3 is 4.74 Å². The summed E-state index contributed by atoms with van der Waals surface area (Å²) >= 11 is 0. The first-order chi connectivity index (χ1) is 15.8. The van der Waals surface area contributed by atoms with Crippen LogP contribution in [0.5, 0.6) is 5.75 Å². The topological polar surface area (TPSA) is 130 Å². The Morgan fingerprint density at radius 2 is 1.15 bits per heavy atom. The van der Waals surface area contributed by atoms with Crippen LogP contribution in [0.15, 0.2) is 84.9 Å². The lowest BCUT2D eigenvalue weighted by atomic mass is 9.97. The normalized spacial score (nSPS) is 10.5. The molecule has 0 aliphatic carbocycles. The third-order valence-electron chi connectivity index (χ3n) is 4.98. The Morgan fingerprint density at radius 3 is 1.73 bits per heavy atom. The molecule has 0 fully saturated rings. The number of hydrogen-bond acceptors (Lipinski definition) is 7. The van der Waals surface area contributed by atoms with Crippen LogP contribution in [0.4, 0.5) is 11.4 Å². The molecule has 0 saturated carbocycles. The first-order valence-corrected chi connectivity index (χ1v) is 9.62. The van der Waals surface area contributed by atoms with Gasteiger partial charge in [-0.05, 0) is 35.7 Å². The summed E-state index contributed by atoms with van der Waals surface area (Å²) in [5, 5.41) is 22.7. The summed E-state index contributed by atoms with van der Waals surface area (Å²) in [5.41, 5.74) is 0.489. The van der Waals surface area contributed by atoms with Crippen molar-refractivity contribution in [2.24, 2.45) is 0 Å². The molecular weight excluding hydrogens is 428 g/mol. The summed E-state index contributed by atoms with van der Waals surface area (Å²) in [6, 6.07) is 20.2. The predicted octanol–water partition coefficient (Wildman–Crippen LogP) is 5.11. The summed E-state index contributed by atoms with van der Waals surface area (Å²) in [4.78, 5) is 46.1. The van der Waals surface area contributed by atoms with Crippen LogP contribution in [0.3, 0.4) is 0 Å². The number of fused-ring (bicyclic) bond motifs is 1. The van der Waals surface area contributed by atoms with Crippen molar-refractivity contribution in [1.29, 1.82) is 0 Å². The van der Waals surface area contributed by atoms with E-state index in [1.54, 1.807) is 36.4 Å². The zero-order chi connectivity index (χ0) is 23.5. The van der Waals surface area contributed by atoms with Crippen LogP contribution < -0.4 is 4.74 Å². The van der Waals surface area contributed by atoms with Gasteiger partial charge in [-0.3, -0.25) is 25.0 Å². The third-order valence-corrected chi connectivity index (χ3v) is 4.98. The van der Waals surface area contributed by atoms with Gasteiger partial charge in [0.25, 0.3) is 11.4 Å². The number of ether oxygens (including phenoxy) is 1. The zero-order valence-corrected chi connectivity index (χ0v) is 16.8. The van der Waals surface area contributed by atoms with Crippen LogP contribution in [-0.4, -0.2) is 21.6 Å². The second kappa shape index (κ2) is 8.67. The van der Waals surface area contributed by atoms with Crippen molar-refractivity contribution in [3.05, 3.63) is 122 Å². The zero-order valence-electron chi connectivity index (χ0n) is 16.8. The van der Waals surface area contributed by atoms with Gasteiger partial charge in [0.1, 0.15) is 5.75 Å². The lowest BCUT2D eigenvalue weighted by Gasteiger charge is -2.11. The highest BCUT2D eigenvalue weighted by atomic mass is 16.6. The number of nitro groups is 2. The molecule has 4 aromatic carbocycles. The molecular formula is C24H14N2O7. The number of nitrogens with zero attached hydrogens (tertiary/aromatic N) is 2. The van der Waals surface area contributed by atoms with Crippen molar-refractivity contribution in [3.63, 3.8) is 0 Å². The standard InChI is InChI=1S/C24H14N2O7/c27-23(15-7-11-17(12-8-15)25(29)30)21-5-1-4-20-19(21)3-2-6-22(20)33-24(28)16-9-13-18(14-10-16)26(31)32/h1-14H. The average Bonchev–Trinajstić information content (AvgIpc) is 2.83. The fourth-order valence-corrected chi connectivity index (χ4v) is 3.34. The number of hydrogen-bond donors (Lipinski definition) is 0. The first kappa shape index (κ1) is 21.3. The van der Waals surface area contributed by atoms with E-state index in [2.05, 4.69) is 0 Å². The minimum absolute atomic E-state index is 0.120. The van der Waals surface area contributed by atoms with E-state index in [9.17, 15) is 29.8 Å². The molecule has 9 nitrogen and oxygen atoms in total. The summed E-state index contributed by atoms with van der Waals surface area (Å²) in [5.74, 6) is -0.826. The molecule has 0 aliphatic rings. The SMILES string of the molecule is O=C(Oc1cccc2c(C(=O)c3ccc([N+](=O)[O-])cc3)cccc12)c1ccc([N+](=O)[O-])cc1. The molecule has 4 rings (SSSR count). The first-order valence-electron chi connectivity index (χ1n) is 9.62. The van der Waals surface area contributed by atoms with E-state index in [0.717, 1.165) is 0 Å². The van der Waals surface area contributed by atoms with E-state index in [1.807, 2.05) is 0 Å². The quantitative estimate of drug-likeness (QED) is 0.133. The number of carbonyl (C=O) groups excluding carboxylic acids is 2. The molecule has 0 spiro atoms. The van der Waals surface area contributed by atoms with Crippen LogP contribution in [0.25, 0.3) is 10.8 Å². The third kappa shape index (κ3) is 4.28. The van der Waals surface area contributed by atoms with Crippen LogP contribution in [0.2, 0.25) is 0 Å². The highest BCUT2D eigenvalue weighted by Gasteiger charge is 2.17. The van der Waals surface area contributed by atoms with Crippen molar-refractivity contribution in [2.45, 2.75) is 0 Å². The van der Waals surface area contributed by atoms with Crippen LogP contribution in [0, 0.1) is 20.2 Å². The van der Waals surface area contributed by atoms with Crippen LogP contribution in [0.1, 0.15) is 26.3 Å². The molecule has 0 amide bonds. The molecule has 9 heteroatoms. The number of carbonyl (C=O) groups is 2. The fraction of sp³-hybridized carbons (Fsp3) is 0. The summed E-state index contributed by atoms with van der Waals surface area (Å²) < 4.78 is 5.50. The minimum Gasteiger partial charge on any atom is -0.422 e. The van der Waals surface area contributed by atoms with Gasteiger partial charge in [-0.25, -0.2) is 4.79 Å².